The van der Waals surface area contributed by atoms with Crippen LogP contribution in [-0.2, 0) is 19.5 Å². The third-order valence-electron chi connectivity index (χ3n) is 6.68. The minimum atomic E-state index is -3.30. The van der Waals surface area contributed by atoms with Crippen LogP contribution in [0.2, 0.25) is 0 Å². The summed E-state index contributed by atoms with van der Waals surface area (Å²) < 4.78 is 50.9. The van der Waals surface area contributed by atoms with Crippen LogP contribution in [0.1, 0.15) is 23.2 Å². The van der Waals surface area contributed by atoms with Gasteiger partial charge >= 0.3 is 0 Å². The van der Waals surface area contributed by atoms with Gasteiger partial charge in [0.25, 0.3) is 5.91 Å². The Morgan fingerprint density at radius 1 is 1.06 bits per heavy atom. The lowest BCUT2D eigenvalue weighted by molar-refractivity contribution is -0.169. The van der Waals surface area contributed by atoms with Crippen molar-refractivity contribution in [2.24, 2.45) is 0 Å². The largest absolute Gasteiger partial charge is 0.370 e. The molecule has 178 valence electrons. The van der Waals surface area contributed by atoms with Crippen molar-refractivity contribution >= 4 is 32.5 Å². The normalized spacial score (nSPS) is 21.8. The number of sulfonamides is 1. The third-order valence-corrected chi connectivity index (χ3v) is 7.99. The molecule has 1 spiro atoms. The average Bonchev–Trinajstić information content (AvgIpc) is 3.26. The molecule has 3 saturated heterocycles. The summed E-state index contributed by atoms with van der Waals surface area (Å²) in [5.41, 5.74) is 1.66. The van der Waals surface area contributed by atoms with Crippen molar-refractivity contribution in [1.29, 1.82) is 0 Å². The zero-order valence-electron chi connectivity index (χ0n) is 18.5. The molecular weight excluding hydrogens is 451 g/mol. The van der Waals surface area contributed by atoms with Crippen LogP contribution >= 0.6 is 0 Å². The Morgan fingerprint density at radius 3 is 2.36 bits per heavy atom. The van der Waals surface area contributed by atoms with E-state index < -0.39 is 21.6 Å². The summed E-state index contributed by atoms with van der Waals surface area (Å²) in [7, 11) is -3.30. The van der Waals surface area contributed by atoms with Crippen LogP contribution in [0.3, 0.4) is 0 Å². The molecule has 11 heteroatoms. The van der Waals surface area contributed by atoms with Crippen molar-refractivity contribution in [2.45, 2.75) is 18.6 Å². The summed E-state index contributed by atoms with van der Waals surface area (Å²) in [5, 5.41) is 0.583. The van der Waals surface area contributed by atoms with E-state index in [1.165, 1.54) is 22.7 Å². The molecule has 0 aliphatic carbocycles. The number of pyridine rings is 1. The van der Waals surface area contributed by atoms with Crippen molar-refractivity contribution in [2.75, 3.05) is 63.6 Å². The highest BCUT2D eigenvalue weighted by Crippen LogP contribution is 2.37. The lowest BCUT2D eigenvalue weighted by Crippen LogP contribution is -2.50. The van der Waals surface area contributed by atoms with Crippen LogP contribution in [0.4, 0.5) is 10.1 Å². The van der Waals surface area contributed by atoms with Gasteiger partial charge in [-0.2, -0.15) is 4.31 Å². The van der Waals surface area contributed by atoms with Crippen LogP contribution < -0.4 is 4.90 Å². The Kier molecular flexibility index (Phi) is 5.76. The molecule has 3 aliphatic rings. The smallest absolute Gasteiger partial charge is 0.257 e. The number of benzene rings is 1. The molecule has 4 heterocycles. The Hall–Kier alpha value is -2.34. The van der Waals surface area contributed by atoms with Gasteiger partial charge in [-0.1, -0.05) is 0 Å². The molecular formula is C22H27FN4O5S. The van der Waals surface area contributed by atoms with Crippen LogP contribution in [-0.4, -0.2) is 93.0 Å². The molecule has 1 aromatic carbocycles. The van der Waals surface area contributed by atoms with Gasteiger partial charge in [-0.05, 0) is 18.2 Å². The fraction of sp³-hybridized carbons (Fsp3) is 0.545. The number of anilines is 1. The van der Waals surface area contributed by atoms with E-state index in [2.05, 4.69) is 9.88 Å². The van der Waals surface area contributed by atoms with Crippen LogP contribution in [0.15, 0.2) is 24.4 Å². The second-order valence-electron chi connectivity index (χ2n) is 8.73. The van der Waals surface area contributed by atoms with Crippen molar-refractivity contribution in [3.8, 4) is 0 Å². The van der Waals surface area contributed by atoms with Gasteiger partial charge in [-0.25, -0.2) is 12.8 Å². The first-order valence-corrected chi connectivity index (χ1v) is 13.0. The molecule has 2 aromatic rings. The number of rotatable bonds is 3. The van der Waals surface area contributed by atoms with Gasteiger partial charge in [-0.15, -0.1) is 0 Å². The van der Waals surface area contributed by atoms with Gasteiger partial charge in [0.2, 0.25) is 10.0 Å². The van der Waals surface area contributed by atoms with E-state index in [0.717, 1.165) is 0 Å². The maximum atomic E-state index is 14.2. The Labute approximate surface area is 192 Å². The molecule has 0 radical (unpaired) electrons. The maximum Gasteiger partial charge on any atom is 0.257 e. The molecule has 33 heavy (non-hydrogen) atoms. The first-order valence-electron chi connectivity index (χ1n) is 11.1. The second-order valence-corrected chi connectivity index (χ2v) is 10.7. The van der Waals surface area contributed by atoms with Gasteiger partial charge in [0.05, 0.1) is 36.2 Å². The minimum absolute atomic E-state index is 0.231. The predicted octanol–water partition coefficient (Wildman–Crippen LogP) is 1.43. The maximum absolute atomic E-state index is 14.2. The third kappa shape index (κ3) is 4.30. The van der Waals surface area contributed by atoms with Gasteiger partial charge < -0.3 is 19.3 Å². The number of hydrogen-bond acceptors (Lipinski definition) is 7. The van der Waals surface area contributed by atoms with Crippen molar-refractivity contribution in [3.05, 3.63) is 35.8 Å². The molecule has 0 saturated carbocycles. The summed E-state index contributed by atoms with van der Waals surface area (Å²) in [6, 6.07) is 4.39. The topological polar surface area (TPSA) is 92.3 Å². The van der Waals surface area contributed by atoms with Crippen molar-refractivity contribution in [3.63, 3.8) is 0 Å². The number of fused-ring (bicyclic) bond motifs is 1. The number of piperidine rings is 1. The van der Waals surface area contributed by atoms with Crippen LogP contribution in [0.25, 0.3) is 10.9 Å². The van der Waals surface area contributed by atoms with Crippen molar-refractivity contribution in [1.82, 2.24) is 14.2 Å². The molecule has 0 bridgehead atoms. The van der Waals surface area contributed by atoms with Crippen LogP contribution in [0.5, 0.6) is 0 Å². The molecule has 9 nitrogen and oxygen atoms in total. The van der Waals surface area contributed by atoms with Crippen LogP contribution in [0, 0.1) is 5.82 Å². The number of carbonyl (C=O) groups excluding carboxylic acids is 1. The predicted molar refractivity (Wildman–Crippen MR) is 120 cm³/mol. The SMILES string of the molecule is CS(=O)(=O)N1CCN(C(=O)c2cnc3ccc(F)cc3c2N2CCC3(CC2)OCCO3)CC1. The highest BCUT2D eigenvalue weighted by atomic mass is 32.2. The molecule has 3 fully saturated rings. The molecule has 0 atom stereocenters. The summed E-state index contributed by atoms with van der Waals surface area (Å²) in [6.07, 6.45) is 4.01. The number of hydrogen-bond donors (Lipinski definition) is 0. The standard InChI is InChI=1S/C22H27FN4O5S/c1-33(29,30)27-10-8-26(9-11-27)21(28)18-15-24-19-3-2-16(23)14-17(19)20(18)25-6-4-22(5-7-25)31-12-13-32-22/h2-3,14-15H,4-13H2,1H3. The molecule has 1 aromatic heterocycles. The van der Waals surface area contributed by atoms with E-state index in [0.29, 0.717) is 61.3 Å². The number of nitrogens with zero attached hydrogens (tertiary/aromatic N) is 4. The summed E-state index contributed by atoms with van der Waals surface area (Å²) in [4.78, 5) is 21.7. The number of carbonyl (C=O) groups is 1. The first kappa shape index (κ1) is 22.5. The highest BCUT2D eigenvalue weighted by molar-refractivity contribution is 7.88. The zero-order valence-corrected chi connectivity index (χ0v) is 19.3. The van der Waals surface area contributed by atoms with E-state index in [9.17, 15) is 17.6 Å². The number of ether oxygens (including phenoxy) is 2. The minimum Gasteiger partial charge on any atom is -0.370 e. The number of aromatic nitrogens is 1. The Balaban J connectivity index is 1.47. The lowest BCUT2D eigenvalue weighted by atomic mass is 10.00. The van der Waals surface area contributed by atoms with Gasteiger partial charge in [-0.3, -0.25) is 9.78 Å². The summed E-state index contributed by atoms with van der Waals surface area (Å²) in [5.74, 6) is -1.20. The Bertz CT molecular complexity index is 1170. The Morgan fingerprint density at radius 2 is 1.73 bits per heavy atom. The molecule has 0 unspecified atom stereocenters. The quantitative estimate of drug-likeness (QED) is 0.659. The molecule has 5 rings (SSSR count). The summed E-state index contributed by atoms with van der Waals surface area (Å²) >= 11 is 0. The van der Waals surface area contributed by atoms with E-state index in [4.69, 9.17) is 9.47 Å². The second kappa shape index (κ2) is 8.46. The lowest BCUT2D eigenvalue weighted by Gasteiger charge is -2.40. The van der Waals surface area contributed by atoms with E-state index >= 15 is 0 Å². The fourth-order valence-corrected chi connectivity index (χ4v) is 5.72. The molecule has 3 aliphatic heterocycles. The number of piperazine rings is 1. The van der Waals surface area contributed by atoms with E-state index in [1.54, 1.807) is 17.2 Å². The average molecular weight is 479 g/mol. The van der Waals surface area contributed by atoms with Gasteiger partial charge in [0, 0.05) is 63.7 Å². The molecule has 1 amide bonds. The summed E-state index contributed by atoms with van der Waals surface area (Å²) in [6.45, 7) is 3.41. The number of halogens is 1. The van der Waals surface area contributed by atoms with Gasteiger partial charge in [0.1, 0.15) is 5.82 Å². The van der Waals surface area contributed by atoms with Crippen molar-refractivity contribution < 1.29 is 27.1 Å². The monoisotopic (exact) mass is 478 g/mol. The van der Waals surface area contributed by atoms with E-state index in [-0.39, 0.29) is 32.1 Å². The zero-order chi connectivity index (χ0) is 23.2. The van der Waals surface area contributed by atoms with Gasteiger partial charge in [0.15, 0.2) is 5.79 Å². The van der Waals surface area contributed by atoms with E-state index in [1.807, 2.05) is 0 Å². The highest BCUT2D eigenvalue weighted by Gasteiger charge is 2.41. The fourth-order valence-electron chi connectivity index (χ4n) is 4.90. The first-order chi connectivity index (χ1) is 15.8. The number of amides is 1. The molecule has 0 N–H and O–H groups in total.